The first-order valence-corrected chi connectivity index (χ1v) is 5.09. The van der Waals surface area contributed by atoms with Gasteiger partial charge in [0.15, 0.2) is 0 Å². The molecule has 0 aromatic carbocycles. The van der Waals surface area contributed by atoms with Crippen LogP contribution in [0.4, 0.5) is 0 Å². The Morgan fingerprint density at radius 2 is 2.00 bits per heavy atom. The molecule has 0 radical (unpaired) electrons. The van der Waals surface area contributed by atoms with E-state index in [4.69, 9.17) is 4.65 Å². The largest absolute Gasteiger partial charge is 0.416 e. The summed E-state index contributed by atoms with van der Waals surface area (Å²) in [5.41, 5.74) is 1.42. The highest BCUT2D eigenvalue weighted by molar-refractivity contribution is 6.56. The lowest BCUT2D eigenvalue weighted by Crippen LogP contribution is -2.43. The van der Waals surface area contributed by atoms with Crippen LogP contribution in [-0.2, 0) is 4.65 Å². The lowest BCUT2D eigenvalue weighted by Gasteiger charge is -2.26. The van der Waals surface area contributed by atoms with E-state index in [1.807, 2.05) is 0 Å². The lowest BCUT2D eigenvalue weighted by molar-refractivity contribution is 0.205. The number of nitrogens with zero attached hydrogens (tertiary/aromatic N) is 1. The Morgan fingerprint density at radius 1 is 1.38 bits per heavy atom. The van der Waals surface area contributed by atoms with Crippen LogP contribution in [0.15, 0.2) is 11.5 Å². The molecule has 74 valence electrons. The first-order valence-electron chi connectivity index (χ1n) is 5.09. The molecule has 0 spiro atoms. The molecule has 0 fully saturated rings. The van der Waals surface area contributed by atoms with E-state index in [0.717, 1.165) is 6.54 Å². The Morgan fingerprint density at radius 3 is 2.46 bits per heavy atom. The molecule has 1 rings (SSSR count). The molecular formula is C10H20BNO. The minimum atomic E-state index is 0.194. The zero-order valence-corrected chi connectivity index (χ0v) is 9.37. The van der Waals surface area contributed by atoms with E-state index in [0.29, 0.717) is 12.1 Å². The van der Waals surface area contributed by atoms with Gasteiger partial charge in [0.05, 0.1) is 0 Å². The molecule has 0 N–H and O–H groups in total. The topological polar surface area (TPSA) is 12.5 Å². The van der Waals surface area contributed by atoms with Crippen LogP contribution in [0.25, 0.3) is 0 Å². The predicted molar refractivity (Wildman–Crippen MR) is 57.6 cm³/mol. The van der Waals surface area contributed by atoms with Gasteiger partial charge in [0.1, 0.15) is 0 Å². The van der Waals surface area contributed by atoms with Crippen LogP contribution in [0.2, 0.25) is 0 Å². The third-order valence-corrected chi connectivity index (χ3v) is 2.26. The monoisotopic (exact) mass is 181 g/mol. The number of rotatable bonds is 3. The van der Waals surface area contributed by atoms with Crippen LogP contribution < -0.4 is 0 Å². The second kappa shape index (κ2) is 4.29. The summed E-state index contributed by atoms with van der Waals surface area (Å²) in [5.74, 6) is 2.22. The van der Waals surface area contributed by atoms with Crippen LogP contribution >= 0.6 is 0 Å². The molecule has 0 saturated carbocycles. The van der Waals surface area contributed by atoms with E-state index in [2.05, 4.69) is 45.4 Å². The fraction of sp³-hybridized carbons (Fsp3) is 0.800. The van der Waals surface area contributed by atoms with Gasteiger partial charge in [-0.2, -0.15) is 0 Å². The van der Waals surface area contributed by atoms with E-state index in [9.17, 15) is 0 Å². The SMILES string of the molecule is CC1=CB(OC(C)C)N(C(C)C)C1. The van der Waals surface area contributed by atoms with Crippen molar-refractivity contribution in [2.45, 2.75) is 46.8 Å². The lowest BCUT2D eigenvalue weighted by atomic mass is 9.81. The molecule has 3 heteroatoms. The van der Waals surface area contributed by atoms with Crippen LogP contribution in [0.5, 0.6) is 0 Å². The van der Waals surface area contributed by atoms with E-state index < -0.39 is 0 Å². The van der Waals surface area contributed by atoms with Gasteiger partial charge in [-0.1, -0.05) is 25.4 Å². The normalized spacial score (nSPS) is 19.0. The highest BCUT2D eigenvalue weighted by Gasteiger charge is 2.31. The van der Waals surface area contributed by atoms with Crippen molar-refractivity contribution in [3.8, 4) is 0 Å². The summed E-state index contributed by atoms with van der Waals surface area (Å²) in [6.45, 7) is 11.8. The van der Waals surface area contributed by atoms with Gasteiger partial charge in [-0.05, 0) is 26.8 Å². The van der Waals surface area contributed by atoms with Gasteiger partial charge in [-0.25, -0.2) is 0 Å². The minimum absolute atomic E-state index is 0.194. The Labute approximate surface area is 82.1 Å². The first-order chi connectivity index (χ1) is 6.00. The van der Waals surface area contributed by atoms with Gasteiger partial charge in [-0.3, -0.25) is 0 Å². The predicted octanol–water partition coefficient (Wildman–Crippen LogP) is 2.11. The van der Waals surface area contributed by atoms with Crippen molar-refractivity contribution in [2.24, 2.45) is 0 Å². The molecule has 2 nitrogen and oxygen atoms in total. The van der Waals surface area contributed by atoms with Crippen molar-refractivity contribution in [3.05, 3.63) is 11.5 Å². The van der Waals surface area contributed by atoms with Crippen molar-refractivity contribution in [2.75, 3.05) is 6.54 Å². The zero-order valence-electron chi connectivity index (χ0n) is 9.37. The van der Waals surface area contributed by atoms with Crippen molar-refractivity contribution < 1.29 is 4.65 Å². The molecule has 0 bridgehead atoms. The van der Waals surface area contributed by atoms with Crippen LogP contribution in [0.1, 0.15) is 34.6 Å². The van der Waals surface area contributed by atoms with Gasteiger partial charge in [-0.15, -0.1) is 0 Å². The van der Waals surface area contributed by atoms with Crippen LogP contribution in [0.3, 0.4) is 0 Å². The average Bonchev–Trinajstić information content (AvgIpc) is 2.29. The summed E-state index contributed by atoms with van der Waals surface area (Å²) in [6, 6.07) is 0.553. The van der Waals surface area contributed by atoms with Gasteiger partial charge in [0.25, 0.3) is 0 Å². The Bertz CT molecular complexity index is 201. The molecule has 0 amide bonds. The number of hydrogen-bond acceptors (Lipinski definition) is 2. The second-order valence-corrected chi connectivity index (χ2v) is 4.35. The van der Waals surface area contributed by atoms with E-state index in [-0.39, 0.29) is 7.05 Å². The quantitative estimate of drug-likeness (QED) is 0.618. The van der Waals surface area contributed by atoms with Gasteiger partial charge in [0, 0.05) is 12.6 Å². The average molecular weight is 181 g/mol. The molecule has 0 atom stereocenters. The van der Waals surface area contributed by atoms with E-state index in [1.165, 1.54) is 5.57 Å². The fourth-order valence-electron chi connectivity index (χ4n) is 1.64. The first kappa shape index (κ1) is 10.8. The van der Waals surface area contributed by atoms with Crippen molar-refractivity contribution in [1.29, 1.82) is 0 Å². The van der Waals surface area contributed by atoms with E-state index in [1.54, 1.807) is 0 Å². The molecule has 0 aromatic heterocycles. The van der Waals surface area contributed by atoms with Gasteiger partial charge >= 0.3 is 7.05 Å². The molecular weight excluding hydrogens is 161 g/mol. The van der Waals surface area contributed by atoms with Crippen molar-refractivity contribution >= 4 is 7.05 Å². The second-order valence-electron chi connectivity index (χ2n) is 4.35. The molecule has 0 saturated heterocycles. The summed E-state index contributed by atoms with van der Waals surface area (Å²) < 4.78 is 5.81. The summed E-state index contributed by atoms with van der Waals surface area (Å²) >= 11 is 0. The Hall–Kier alpha value is -0.275. The molecule has 13 heavy (non-hydrogen) atoms. The minimum Gasteiger partial charge on any atom is -0.416 e. The maximum Gasteiger partial charge on any atom is 0.411 e. The third-order valence-electron chi connectivity index (χ3n) is 2.26. The highest BCUT2D eigenvalue weighted by Crippen LogP contribution is 2.17. The molecule has 0 unspecified atom stereocenters. The van der Waals surface area contributed by atoms with Crippen molar-refractivity contribution in [3.63, 3.8) is 0 Å². The molecule has 1 aliphatic heterocycles. The molecule has 1 heterocycles. The fourth-order valence-corrected chi connectivity index (χ4v) is 1.64. The zero-order chi connectivity index (χ0) is 10.0. The third kappa shape index (κ3) is 2.85. The standard InChI is InChI=1S/C10H20BNO/c1-8(2)12-7-10(5)6-11(12)13-9(3)4/h6,8-9H,7H2,1-5H3. The summed E-state index contributed by atoms with van der Waals surface area (Å²) in [7, 11) is 0.194. The van der Waals surface area contributed by atoms with Gasteiger partial charge in [0.2, 0.25) is 0 Å². The van der Waals surface area contributed by atoms with Crippen LogP contribution in [-0.4, -0.2) is 30.6 Å². The highest BCUT2D eigenvalue weighted by atomic mass is 16.5. The smallest absolute Gasteiger partial charge is 0.411 e. The van der Waals surface area contributed by atoms with E-state index >= 15 is 0 Å². The number of hydrogen-bond donors (Lipinski definition) is 0. The summed E-state index contributed by atoms with van der Waals surface area (Å²) in [6.07, 6.45) is 0.299. The van der Waals surface area contributed by atoms with Crippen molar-refractivity contribution in [1.82, 2.24) is 4.81 Å². The Balaban J connectivity index is 2.58. The molecule has 1 aliphatic rings. The van der Waals surface area contributed by atoms with Gasteiger partial charge < -0.3 is 9.47 Å². The maximum atomic E-state index is 5.81. The summed E-state index contributed by atoms with van der Waals surface area (Å²) in [5, 5.41) is 0. The molecule has 0 aliphatic carbocycles. The summed E-state index contributed by atoms with van der Waals surface area (Å²) in [4.78, 5) is 2.37. The maximum absolute atomic E-state index is 5.81. The molecule has 0 aromatic rings. The van der Waals surface area contributed by atoms with Crippen LogP contribution in [0, 0.1) is 0 Å². The Kier molecular flexibility index (Phi) is 3.57.